The minimum absolute atomic E-state index is 0.0878. The number of amides is 1. The summed E-state index contributed by atoms with van der Waals surface area (Å²) in [5.41, 5.74) is 2.08. The van der Waals surface area contributed by atoms with Crippen LogP contribution in [-0.4, -0.2) is 19.1 Å². The van der Waals surface area contributed by atoms with Gasteiger partial charge in [0, 0.05) is 24.1 Å². The SMILES string of the molecule is CO[C@H](C(=O)N[C@@H]1CC1c1ccc(Cl)cc1)c1ccccc1. The van der Waals surface area contributed by atoms with Crippen LogP contribution in [0.1, 0.15) is 29.6 Å². The molecule has 0 aromatic heterocycles. The molecule has 1 amide bonds. The highest BCUT2D eigenvalue weighted by Crippen LogP contribution is 2.41. The van der Waals surface area contributed by atoms with Crippen LogP contribution in [0.15, 0.2) is 54.6 Å². The Bertz CT molecular complexity index is 642. The number of carbonyl (C=O) groups is 1. The number of carbonyl (C=O) groups excluding carboxylic acids is 1. The van der Waals surface area contributed by atoms with E-state index in [0.29, 0.717) is 5.92 Å². The van der Waals surface area contributed by atoms with Crippen molar-refractivity contribution in [2.24, 2.45) is 0 Å². The minimum Gasteiger partial charge on any atom is -0.367 e. The van der Waals surface area contributed by atoms with Crippen LogP contribution in [-0.2, 0) is 9.53 Å². The van der Waals surface area contributed by atoms with Gasteiger partial charge in [0.2, 0.25) is 0 Å². The van der Waals surface area contributed by atoms with E-state index in [4.69, 9.17) is 16.3 Å². The van der Waals surface area contributed by atoms with Gasteiger partial charge in [-0.05, 0) is 29.7 Å². The molecule has 1 N–H and O–H groups in total. The second-order valence-electron chi connectivity index (χ2n) is 5.54. The first-order valence-corrected chi connectivity index (χ1v) is 7.70. The third-order valence-electron chi connectivity index (χ3n) is 3.99. The van der Waals surface area contributed by atoms with Crippen molar-refractivity contribution in [3.8, 4) is 0 Å². The fraction of sp³-hybridized carbons (Fsp3) is 0.278. The standard InChI is InChI=1S/C18H18ClNO2/c1-22-17(13-5-3-2-4-6-13)18(21)20-16-11-15(16)12-7-9-14(19)10-8-12/h2-10,15-17H,11H2,1H3,(H,20,21)/t15?,16-,17+/m1/s1. The number of benzene rings is 2. The monoisotopic (exact) mass is 315 g/mol. The maximum absolute atomic E-state index is 12.4. The number of ether oxygens (including phenoxy) is 1. The number of nitrogens with one attached hydrogen (secondary N) is 1. The molecule has 3 nitrogen and oxygen atoms in total. The Morgan fingerprint density at radius 2 is 1.86 bits per heavy atom. The largest absolute Gasteiger partial charge is 0.367 e. The molecule has 1 fully saturated rings. The van der Waals surface area contributed by atoms with Crippen molar-refractivity contribution in [1.82, 2.24) is 5.32 Å². The molecular weight excluding hydrogens is 298 g/mol. The molecule has 3 rings (SSSR count). The quantitative estimate of drug-likeness (QED) is 0.913. The highest BCUT2D eigenvalue weighted by atomic mass is 35.5. The van der Waals surface area contributed by atoms with Gasteiger partial charge in [0.25, 0.3) is 5.91 Å². The summed E-state index contributed by atoms with van der Waals surface area (Å²) in [4.78, 5) is 12.4. The number of methoxy groups -OCH3 is 1. The van der Waals surface area contributed by atoms with Gasteiger partial charge in [0.1, 0.15) is 0 Å². The Kier molecular flexibility index (Phi) is 4.46. The summed E-state index contributed by atoms with van der Waals surface area (Å²) < 4.78 is 5.35. The van der Waals surface area contributed by atoms with Crippen LogP contribution in [0.3, 0.4) is 0 Å². The first kappa shape index (κ1) is 15.1. The molecule has 0 heterocycles. The molecule has 2 aromatic carbocycles. The van der Waals surface area contributed by atoms with Crippen LogP contribution in [0.25, 0.3) is 0 Å². The Balaban J connectivity index is 1.62. The summed E-state index contributed by atoms with van der Waals surface area (Å²) in [6.07, 6.45) is 0.395. The van der Waals surface area contributed by atoms with Crippen molar-refractivity contribution >= 4 is 17.5 Å². The van der Waals surface area contributed by atoms with Crippen LogP contribution in [0.2, 0.25) is 5.02 Å². The van der Waals surface area contributed by atoms with Gasteiger partial charge in [0.05, 0.1) is 0 Å². The Hall–Kier alpha value is -1.84. The van der Waals surface area contributed by atoms with E-state index in [0.717, 1.165) is 17.0 Å². The van der Waals surface area contributed by atoms with Crippen LogP contribution in [0.5, 0.6) is 0 Å². The van der Waals surface area contributed by atoms with E-state index in [1.165, 1.54) is 5.56 Å². The zero-order valence-electron chi connectivity index (χ0n) is 12.3. The number of halogens is 1. The van der Waals surface area contributed by atoms with Crippen molar-refractivity contribution in [2.75, 3.05) is 7.11 Å². The smallest absolute Gasteiger partial charge is 0.253 e. The van der Waals surface area contributed by atoms with E-state index >= 15 is 0 Å². The molecule has 2 aromatic rings. The average Bonchev–Trinajstić information content (AvgIpc) is 3.29. The lowest BCUT2D eigenvalue weighted by Gasteiger charge is -2.15. The number of rotatable bonds is 5. The predicted molar refractivity (Wildman–Crippen MR) is 86.9 cm³/mol. The van der Waals surface area contributed by atoms with Gasteiger partial charge in [-0.1, -0.05) is 54.1 Å². The van der Waals surface area contributed by atoms with Crippen molar-refractivity contribution in [1.29, 1.82) is 0 Å². The zero-order valence-corrected chi connectivity index (χ0v) is 13.1. The van der Waals surface area contributed by atoms with Crippen LogP contribution >= 0.6 is 11.6 Å². The first-order chi connectivity index (χ1) is 10.7. The van der Waals surface area contributed by atoms with Gasteiger partial charge >= 0.3 is 0 Å². The highest BCUT2D eigenvalue weighted by Gasteiger charge is 2.40. The lowest BCUT2D eigenvalue weighted by atomic mass is 10.1. The molecule has 0 aliphatic heterocycles. The van der Waals surface area contributed by atoms with Crippen molar-refractivity contribution in [2.45, 2.75) is 24.5 Å². The second-order valence-corrected chi connectivity index (χ2v) is 5.97. The summed E-state index contributed by atoms with van der Waals surface area (Å²) in [5, 5.41) is 3.80. The summed E-state index contributed by atoms with van der Waals surface area (Å²) in [6.45, 7) is 0. The van der Waals surface area contributed by atoms with Gasteiger partial charge in [-0.25, -0.2) is 0 Å². The average molecular weight is 316 g/mol. The fourth-order valence-electron chi connectivity index (χ4n) is 2.71. The third kappa shape index (κ3) is 3.32. The lowest BCUT2D eigenvalue weighted by molar-refractivity contribution is -0.131. The molecule has 1 aliphatic carbocycles. The lowest BCUT2D eigenvalue weighted by Crippen LogP contribution is -2.32. The van der Waals surface area contributed by atoms with E-state index in [1.54, 1.807) is 7.11 Å². The molecule has 4 heteroatoms. The molecule has 114 valence electrons. The first-order valence-electron chi connectivity index (χ1n) is 7.32. The summed E-state index contributed by atoms with van der Waals surface area (Å²) in [7, 11) is 1.56. The molecule has 0 radical (unpaired) electrons. The second kappa shape index (κ2) is 6.51. The van der Waals surface area contributed by atoms with E-state index in [2.05, 4.69) is 5.32 Å². The summed E-state index contributed by atoms with van der Waals surface area (Å²) in [5.74, 6) is 0.282. The third-order valence-corrected chi connectivity index (χ3v) is 4.24. The molecule has 1 unspecified atom stereocenters. The molecule has 0 bridgehead atoms. The van der Waals surface area contributed by atoms with Gasteiger partial charge in [0.15, 0.2) is 6.10 Å². The maximum atomic E-state index is 12.4. The Morgan fingerprint density at radius 1 is 1.18 bits per heavy atom. The summed E-state index contributed by atoms with van der Waals surface area (Å²) in [6, 6.07) is 17.5. The van der Waals surface area contributed by atoms with Crippen LogP contribution in [0, 0.1) is 0 Å². The molecular formula is C18H18ClNO2. The Labute approximate surface area is 135 Å². The highest BCUT2D eigenvalue weighted by molar-refractivity contribution is 6.30. The summed E-state index contributed by atoms with van der Waals surface area (Å²) >= 11 is 5.90. The fourth-order valence-corrected chi connectivity index (χ4v) is 2.84. The van der Waals surface area contributed by atoms with Crippen molar-refractivity contribution < 1.29 is 9.53 Å². The molecule has 1 saturated carbocycles. The normalized spacial score (nSPS) is 21.2. The van der Waals surface area contributed by atoms with E-state index in [9.17, 15) is 4.79 Å². The van der Waals surface area contributed by atoms with Crippen molar-refractivity contribution in [3.05, 3.63) is 70.7 Å². The van der Waals surface area contributed by atoms with Gasteiger partial charge < -0.3 is 10.1 Å². The topological polar surface area (TPSA) is 38.3 Å². The minimum atomic E-state index is -0.562. The number of hydrogen-bond donors (Lipinski definition) is 1. The van der Waals surface area contributed by atoms with E-state index < -0.39 is 6.10 Å². The molecule has 22 heavy (non-hydrogen) atoms. The maximum Gasteiger partial charge on any atom is 0.253 e. The van der Waals surface area contributed by atoms with Crippen LogP contribution < -0.4 is 5.32 Å². The van der Waals surface area contributed by atoms with Gasteiger partial charge in [-0.15, -0.1) is 0 Å². The molecule has 3 atom stereocenters. The predicted octanol–water partition coefficient (Wildman–Crippen LogP) is 3.70. The molecule has 0 saturated heterocycles. The molecule has 1 aliphatic rings. The zero-order chi connectivity index (χ0) is 15.5. The number of hydrogen-bond acceptors (Lipinski definition) is 2. The van der Waals surface area contributed by atoms with Gasteiger partial charge in [-0.2, -0.15) is 0 Å². The van der Waals surface area contributed by atoms with E-state index in [-0.39, 0.29) is 11.9 Å². The molecule has 0 spiro atoms. The van der Waals surface area contributed by atoms with Gasteiger partial charge in [-0.3, -0.25) is 4.79 Å². The Morgan fingerprint density at radius 3 is 2.50 bits per heavy atom. The van der Waals surface area contributed by atoms with E-state index in [1.807, 2.05) is 54.6 Å². The van der Waals surface area contributed by atoms with Crippen molar-refractivity contribution in [3.63, 3.8) is 0 Å². The van der Waals surface area contributed by atoms with Crippen LogP contribution in [0.4, 0.5) is 0 Å².